The molecule has 0 aliphatic rings. The summed E-state index contributed by atoms with van der Waals surface area (Å²) in [5, 5.41) is 9.47. The molecule has 1 atom stereocenters. The third kappa shape index (κ3) is 7.01. The topological polar surface area (TPSA) is 85.3 Å². The molecule has 25 heavy (non-hydrogen) atoms. The van der Waals surface area contributed by atoms with Gasteiger partial charge in [0.05, 0.1) is 32.8 Å². The minimum absolute atomic E-state index is 0.0712. The van der Waals surface area contributed by atoms with Crippen molar-refractivity contribution in [2.75, 3.05) is 33.5 Å². The number of nitrogens with zero attached hydrogens (tertiary/aromatic N) is 1. The molecule has 0 fully saturated rings. The molecule has 0 bridgehead atoms. The first-order valence-corrected chi connectivity index (χ1v) is 8.38. The summed E-state index contributed by atoms with van der Waals surface area (Å²) in [6.45, 7) is 4.17. The second-order valence-corrected chi connectivity index (χ2v) is 5.35. The maximum Gasteiger partial charge on any atom is 0.307 e. The Morgan fingerprint density at radius 1 is 1.12 bits per heavy atom. The van der Waals surface area contributed by atoms with Gasteiger partial charge in [-0.2, -0.15) is 0 Å². The number of esters is 1. The van der Waals surface area contributed by atoms with E-state index in [4.69, 9.17) is 9.47 Å². The van der Waals surface area contributed by atoms with Gasteiger partial charge < -0.3 is 24.2 Å². The lowest BCUT2D eigenvalue weighted by Gasteiger charge is -2.29. The Bertz CT molecular complexity index is 527. The number of aliphatic hydroxyl groups is 1. The highest BCUT2D eigenvalue weighted by atomic mass is 16.5. The fourth-order valence-corrected chi connectivity index (χ4v) is 2.30. The van der Waals surface area contributed by atoms with Crippen LogP contribution in [0, 0.1) is 0 Å². The predicted octanol–water partition coefficient (Wildman–Crippen LogP) is 1.63. The van der Waals surface area contributed by atoms with Gasteiger partial charge in [0.1, 0.15) is 11.5 Å². The first kappa shape index (κ1) is 20.8. The van der Waals surface area contributed by atoms with Gasteiger partial charge in [-0.05, 0) is 37.6 Å². The normalized spacial score (nSPS) is 11.5. The third-order valence-corrected chi connectivity index (χ3v) is 3.72. The Labute approximate surface area is 148 Å². The summed E-state index contributed by atoms with van der Waals surface area (Å²) in [6.07, 6.45) is 0.647. The van der Waals surface area contributed by atoms with Crippen LogP contribution in [0.3, 0.4) is 0 Å². The van der Waals surface area contributed by atoms with Crippen molar-refractivity contribution >= 4 is 11.9 Å². The number of hydrogen-bond acceptors (Lipinski definition) is 6. The van der Waals surface area contributed by atoms with E-state index < -0.39 is 5.97 Å². The number of carbonyl (C=O) groups is 2. The van der Waals surface area contributed by atoms with E-state index in [0.717, 1.165) is 5.75 Å². The third-order valence-electron chi connectivity index (χ3n) is 3.72. The minimum Gasteiger partial charge on any atom is -0.494 e. The molecule has 0 radical (unpaired) electrons. The van der Waals surface area contributed by atoms with Crippen molar-refractivity contribution in [3.05, 3.63) is 24.3 Å². The molecule has 140 valence electrons. The van der Waals surface area contributed by atoms with Crippen LogP contribution in [0.5, 0.6) is 11.5 Å². The molecule has 1 aromatic rings. The highest BCUT2D eigenvalue weighted by molar-refractivity contribution is 5.79. The molecule has 0 saturated heterocycles. The fourth-order valence-electron chi connectivity index (χ4n) is 2.30. The fraction of sp³-hybridized carbons (Fsp3) is 0.556. The van der Waals surface area contributed by atoms with Gasteiger partial charge in [0, 0.05) is 6.54 Å². The Kier molecular flexibility index (Phi) is 9.39. The summed E-state index contributed by atoms with van der Waals surface area (Å²) < 4.78 is 15.5. The molecular weight excluding hydrogens is 326 g/mol. The van der Waals surface area contributed by atoms with Crippen molar-refractivity contribution in [2.24, 2.45) is 0 Å². The second-order valence-electron chi connectivity index (χ2n) is 5.35. The van der Waals surface area contributed by atoms with E-state index >= 15 is 0 Å². The number of rotatable bonds is 11. The molecule has 1 N–H and O–H groups in total. The van der Waals surface area contributed by atoms with Gasteiger partial charge in [-0.15, -0.1) is 0 Å². The second kappa shape index (κ2) is 11.3. The molecule has 1 rings (SSSR count). The molecule has 7 nitrogen and oxygen atoms in total. The predicted molar refractivity (Wildman–Crippen MR) is 92.6 cm³/mol. The van der Waals surface area contributed by atoms with Crippen LogP contribution in [0.2, 0.25) is 0 Å². The van der Waals surface area contributed by atoms with Gasteiger partial charge in [0.25, 0.3) is 5.91 Å². The van der Waals surface area contributed by atoms with Crippen molar-refractivity contribution in [3.63, 3.8) is 0 Å². The molecule has 1 unspecified atom stereocenters. The van der Waals surface area contributed by atoms with Crippen LogP contribution in [-0.4, -0.2) is 61.4 Å². The SMILES string of the molecule is CCOc1ccc(OCC(=O)N(CCC(=O)OC)C(CC)CO)cc1. The van der Waals surface area contributed by atoms with Crippen LogP contribution in [0.25, 0.3) is 0 Å². The molecule has 0 heterocycles. The van der Waals surface area contributed by atoms with E-state index in [-0.39, 0.29) is 38.1 Å². The number of carbonyl (C=O) groups excluding carboxylic acids is 2. The Morgan fingerprint density at radius 2 is 1.72 bits per heavy atom. The van der Waals surface area contributed by atoms with Gasteiger partial charge in [0.2, 0.25) is 0 Å². The van der Waals surface area contributed by atoms with Crippen molar-refractivity contribution in [1.29, 1.82) is 0 Å². The molecule has 0 aliphatic carbocycles. The molecule has 7 heteroatoms. The lowest BCUT2D eigenvalue weighted by Crippen LogP contribution is -2.45. The summed E-state index contributed by atoms with van der Waals surface area (Å²) in [4.78, 5) is 25.3. The number of methoxy groups -OCH3 is 1. The highest BCUT2D eigenvalue weighted by Gasteiger charge is 2.23. The van der Waals surface area contributed by atoms with Gasteiger partial charge in [-0.3, -0.25) is 9.59 Å². The van der Waals surface area contributed by atoms with Crippen LogP contribution < -0.4 is 9.47 Å². The molecule has 1 amide bonds. The van der Waals surface area contributed by atoms with Crippen LogP contribution in [0.4, 0.5) is 0 Å². The van der Waals surface area contributed by atoms with Gasteiger partial charge in [0.15, 0.2) is 6.61 Å². The van der Waals surface area contributed by atoms with Crippen molar-refractivity contribution in [2.45, 2.75) is 32.7 Å². The summed E-state index contributed by atoms with van der Waals surface area (Å²) in [7, 11) is 1.30. The lowest BCUT2D eigenvalue weighted by molar-refractivity contribution is -0.143. The number of amides is 1. The zero-order chi connectivity index (χ0) is 18.7. The monoisotopic (exact) mass is 353 g/mol. The average molecular weight is 353 g/mol. The number of benzene rings is 1. The standard InChI is InChI=1S/C18H27NO6/c1-4-14(12-20)19(11-10-18(22)23-3)17(21)13-25-16-8-6-15(7-9-16)24-5-2/h6-9,14,20H,4-5,10-13H2,1-3H3. The summed E-state index contributed by atoms with van der Waals surface area (Å²) >= 11 is 0. The van der Waals surface area contributed by atoms with E-state index in [1.165, 1.54) is 12.0 Å². The first-order chi connectivity index (χ1) is 12.0. The van der Waals surface area contributed by atoms with E-state index in [1.807, 2.05) is 13.8 Å². The van der Waals surface area contributed by atoms with E-state index in [1.54, 1.807) is 24.3 Å². The summed E-state index contributed by atoms with van der Waals surface area (Å²) in [6, 6.07) is 6.61. The van der Waals surface area contributed by atoms with Crippen LogP contribution in [0.15, 0.2) is 24.3 Å². The largest absolute Gasteiger partial charge is 0.494 e. The Hall–Kier alpha value is -2.28. The number of ether oxygens (including phenoxy) is 3. The van der Waals surface area contributed by atoms with Crippen molar-refractivity contribution in [1.82, 2.24) is 4.90 Å². The van der Waals surface area contributed by atoms with Crippen LogP contribution in [0.1, 0.15) is 26.7 Å². The zero-order valence-corrected chi connectivity index (χ0v) is 15.1. The smallest absolute Gasteiger partial charge is 0.307 e. The maximum atomic E-state index is 12.5. The van der Waals surface area contributed by atoms with Gasteiger partial charge in [-0.1, -0.05) is 6.92 Å². The number of aliphatic hydroxyl groups excluding tert-OH is 1. The zero-order valence-electron chi connectivity index (χ0n) is 15.1. The Balaban J connectivity index is 2.65. The first-order valence-electron chi connectivity index (χ1n) is 8.38. The summed E-state index contributed by atoms with van der Waals surface area (Å²) in [5.41, 5.74) is 0. The van der Waals surface area contributed by atoms with E-state index in [9.17, 15) is 14.7 Å². The number of hydrogen-bond donors (Lipinski definition) is 1. The molecule has 0 saturated carbocycles. The molecular formula is C18H27NO6. The van der Waals surface area contributed by atoms with Gasteiger partial charge >= 0.3 is 5.97 Å². The maximum absolute atomic E-state index is 12.5. The Morgan fingerprint density at radius 3 is 2.20 bits per heavy atom. The molecule has 1 aromatic carbocycles. The lowest BCUT2D eigenvalue weighted by atomic mass is 10.2. The van der Waals surface area contributed by atoms with Crippen LogP contribution in [-0.2, 0) is 14.3 Å². The van der Waals surface area contributed by atoms with Gasteiger partial charge in [-0.25, -0.2) is 0 Å². The van der Waals surface area contributed by atoms with Crippen LogP contribution >= 0.6 is 0 Å². The van der Waals surface area contributed by atoms with E-state index in [2.05, 4.69) is 4.74 Å². The van der Waals surface area contributed by atoms with E-state index in [0.29, 0.717) is 18.8 Å². The quantitative estimate of drug-likeness (QED) is 0.609. The molecule has 0 aromatic heterocycles. The highest BCUT2D eigenvalue weighted by Crippen LogP contribution is 2.18. The molecule has 0 aliphatic heterocycles. The van der Waals surface area contributed by atoms with Crippen molar-refractivity contribution in [3.8, 4) is 11.5 Å². The average Bonchev–Trinajstić information content (AvgIpc) is 2.64. The summed E-state index contributed by atoms with van der Waals surface area (Å²) in [5.74, 6) is 0.575. The van der Waals surface area contributed by atoms with Crippen molar-refractivity contribution < 1.29 is 28.9 Å². The minimum atomic E-state index is -0.405. The molecule has 0 spiro atoms.